The second kappa shape index (κ2) is 5.16. The molecule has 4 heteroatoms. The number of hydrogen-bond acceptors (Lipinski definition) is 3. The van der Waals surface area contributed by atoms with Crippen molar-refractivity contribution in [3.63, 3.8) is 0 Å². The van der Waals surface area contributed by atoms with Crippen LogP contribution < -0.4 is 5.32 Å². The van der Waals surface area contributed by atoms with Crippen LogP contribution in [0.3, 0.4) is 0 Å². The van der Waals surface area contributed by atoms with Crippen LogP contribution >= 0.6 is 0 Å². The largest absolute Gasteiger partial charge is 0.355 e. The first-order valence-electron chi connectivity index (χ1n) is 5.84. The van der Waals surface area contributed by atoms with E-state index in [0.717, 1.165) is 25.0 Å². The van der Waals surface area contributed by atoms with Gasteiger partial charge in [-0.2, -0.15) is 0 Å². The Balaban J connectivity index is 1.84. The summed E-state index contributed by atoms with van der Waals surface area (Å²) in [5, 5.41) is 3.42. The van der Waals surface area contributed by atoms with Crippen molar-refractivity contribution < 1.29 is 0 Å². The van der Waals surface area contributed by atoms with Gasteiger partial charge in [-0.05, 0) is 25.9 Å². The van der Waals surface area contributed by atoms with Crippen LogP contribution in [0.15, 0.2) is 25.0 Å². The maximum absolute atomic E-state index is 4.31. The first-order valence-corrected chi connectivity index (χ1v) is 5.84. The molecule has 0 amide bonds. The van der Waals surface area contributed by atoms with Crippen LogP contribution in [-0.4, -0.2) is 41.1 Å². The Kier molecular flexibility index (Phi) is 3.62. The molecule has 0 spiro atoms. The number of allylic oxidation sites excluding steroid dienone is 1. The van der Waals surface area contributed by atoms with Crippen molar-refractivity contribution in [1.29, 1.82) is 0 Å². The van der Waals surface area contributed by atoms with Crippen LogP contribution in [0.2, 0.25) is 0 Å². The molecule has 4 nitrogen and oxygen atoms in total. The van der Waals surface area contributed by atoms with Crippen LogP contribution in [0.25, 0.3) is 0 Å². The van der Waals surface area contributed by atoms with Crippen molar-refractivity contribution in [2.75, 3.05) is 32.0 Å². The summed E-state index contributed by atoms with van der Waals surface area (Å²) in [5.41, 5.74) is 0. The quantitative estimate of drug-likeness (QED) is 0.762. The summed E-state index contributed by atoms with van der Waals surface area (Å²) in [4.78, 5) is 6.68. The van der Waals surface area contributed by atoms with Crippen molar-refractivity contribution in [2.45, 2.75) is 13.0 Å². The van der Waals surface area contributed by atoms with Crippen molar-refractivity contribution >= 4 is 5.95 Å². The fourth-order valence-corrected chi connectivity index (χ4v) is 2.19. The highest BCUT2D eigenvalue weighted by Crippen LogP contribution is 2.15. The van der Waals surface area contributed by atoms with Gasteiger partial charge in [-0.1, -0.05) is 6.08 Å². The molecule has 2 rings (SSSR count). The number of likely N-dealkylation sites (tertiary alicyclic amines) is 1. The molecule has 0 bridgehead atoms. The molecule has 1 saturated heterocycles. The van der Waals surface area contributed by atoms with Crippen LogP contribution in [0.1, 0.15) is 6.42 Å². The zero-order valence-electron chi connectivity index (χ0n) is 9.89. The standard InChI is InChI=1S/C12H20N4/c1-3-6-16-8-5-13-12(16)14-9-11-4-7-15(2)10-11/h3,5,8,11H,1,4,6-7,9-10H2,2H3,(H,13,14). The van der Waals surface area contributed by atoms with Gasteiger partial charge in [0, 0.05) is 32.0 Å². The number of nitrogens with one attached hydrogen (secondary N) is 1. The summed E-state index contributed by atoms with van der Waals surface area (Å²) < 4.78 is 2.08. The van der Waals surface area contributed by atoms with E-state index in [9.17, 15) is 0 Å². The van der Waals surface area contributed by atoms with E-state index in [-0.39, 0.29) is 0 Å². The minimum atomic E-state index is 0.749. The highest BCUT2D eigenvalue weighted by atomic mass is 15.2. The highest BCUT2D eigenvalue weighted by molar-refractivity contribution is 5.26. The zero-order valence-corrected chi connectivity index (χ0v) is 9.89. The monoisotopic (exact) mass is 220 g/mol. The molecule has 1 aromatic rings. The number of nitrogens with zero attached hydrogens (tertiary/aromatic N) is 3. The summed E-state index contributed by atoms with van der Waals surface area (Å²) in [6.45, 7) is 7.97. The number of rotatable bonds is 5. The zero-order chi connectivity index (χ0) is 11.4. The van der Waals surface area contributed by atoms with Crippen LogP contribution in [0.5, 0.6) is 0 Å². The molecule has 16 heavy (non-hydrogen) atoms. The van der Waals surface area contributed by atoms with Crippen molar-refractivity contribution in [2.24, 2.45) is 5.92 Å². The van der Waals surface area contributed by atoms with Gasteiger partial charge in [0.1, 0.15) is 0 Å². The summed E-state index contributed by atoms with van der Waals surface area (Å²) in [6.07, 6.45) is 6.97. The van der Waals surface area contributed by atoms with Crippen LogP contribution in [0, 0.1) is 5.92 Å². The van der Waals surface area contributed by atoms with E-state index in [2.05, 4.69) is 33.4 Å². The van der Waals surface area contributed by atoms with E-state index in [4.69, 9.17) is 0 Å². The molecule has 1 fully saturated rings. The third-order valence-corrected chi connectivity index (χ3v) is 3.08. The lowest BCUT2D eigenvalue weighted by Gasteiger charge is -2.13. The molecule has 0 saturated carbocycles. The SMILES string of the molecule is C=CCn1ccnc1NCC1CCN(C)C1. The fourth-order valence-electron chi connectivity index (χ4n) is 2.19. The van der Waals surface area contributed by atoms with E-state index in [1.807, 2.05) is 18.5 Å². The Hall–Kier alpha value is -1.29. The Labute approximate surface area is 97.0 Å². The predicted molar refractivity (Wildman–Crippen MR) is 66.5 cm³/mol. The van der Waals surface area contributed by atoms with E-state index < -0.39 is 0 Å². The molecule has 1 unspecified atom stereocenters. The molecule has 1 aliphatic heterocycles. The minimum Gasteiger partial charge on any atom is -0.355 e. The molecular formula is C12H20N4. The van der Waals surface area contributed by atoms with Crippen LogP contribution in [-0.2, 0) is 6.54 Å². The van der Waals surface area contributed by atoms with Gasteiger partial charge in [-0.25, -0.2) is 4.98 Å². The van der Waals surface area contributed by atoms with Crippen molar-refractivity contribution in [3.05, 3.63) is 25.0 Å². The van der Waals surface area contributed by atoms with Gasteiger partial charge in [0.25, 0.3) is 0 Å². The minimum absolute atomic E-state index is 0.749. The molecule has 1 N–H and O–H groups in total. The lowest BCUT2D eigenvalue weighted by atomic mass is 10.1. The second-order valence-electron chi connectivity index (χ2n) is 4.49. The average Bonchev–Trinajstić information content (AvgIpc) is 2.85. The van der Waals surface area contributed by atoms with Gasteiger partial charge in [0.15, 0.2) is 0 Å². The number of imidazole rings is 1. The van der Waals surface area contributed by atoms with Crippen LogP contribution in [0.4, 0.5) is 5.95 Å². The van der Waals surface area contributed by atoms with Gasteiger partial charge in [0.2, 0.25) is 5.95 Å². The molecule has 1 atom stereocenters. The summed E-state index contributed by atoms with van der Waals surface area (Å²) >= 11 is 0. The molecule has 88 valence electrons. The second-order valence-corrected chi connectivity index (χ2v) is 4.49. The van der Waals surface area contributed by atoms with E-state index in [1.165, 1.54) is 19.5 Å². The van der Waals surface area contributed by atoms with Gasteiger partial charge >= 0.3 is 0 Å². The molecule has 2 heterocycles. The number of anilines is 1. The Morgan fingerprint density at radius 3 is 3.25 bits per heavy atom. The van der Waals surface area contributed by atoms with Gasteiger partial charge in [-0.15, -0.1) is 6.58 Å². The third kappa shape index (κ3) is 2.64. The predicted octanol–water partition coefficient (Wildman–Crippen LogP) is 1.43. The molecule has 0 radical (unpaired) electrons. The molecular weight excluding hydrogens is 200 g/mol. The first kappa shape index (κ1) is 11.2. The smallest absolute Gasteiger partial charge is 0.203 e. The molecule has 0 aromatic carbocycles. The topological polar surface area (TPSA) is 33.1 Å². The highest BCUT2D eigenvalue weighted by Gasteiger charge is 2.19. The normalized spacial score (nSPS) is 21.2. The van der Waals surface area contributed by atoms with E-state index >= 15 is 0 Å². The summed E-state index contributed by atoms with van der Waals surface area (Å²) in [7, 11) is 2.18. The molecule has 1 aromatic heterocycles. The summed E-state index contributed by atoms with van der Waals surface area (Å²) in [5.74, 6) is 1.70. The first-order chi connectivity index (χ1) is 7.79. The van der Waals surface area contributed by atoms with Crippen molar-refractivity contribution in [3.8, 4) is 0 Å². The maximum atomic E-state index is 4.31. The Bertz CT molecular complexity index is 345. The van der Waals surface area contributed by atoms with E-state index in [0.29, 0.717) is 0 Å². The van der Waals surface area contributed by atoms with Gasteiger partial charge in [0.05, 0.1) is 0 Å². The summed E-state index contributed by atoms with van der Waals surface area (Å²) in [6, 6.07) is 0. The van der Waals surface area contributed by atoms with Crippen molar-refractivity contribution in [1.82, 2.24) is 14.5 Å². The fraction of sp³-hybridized carbons (Fsp3) is 0.583. The lowest BCUT2D eigenvalue weighted by Crippen LogP contribution is -2.20. The average molecular weight is 220 g/mol. The van der Waals surface area contributed by atoms with Gasteiger partial charge < -0.3 is 14.8 Å². The number of hydrogen-bond donors (Lipinski definition) is 1. The Morgan fingerprint density at radius 2 is 2.56 bits per heavy atom. The number of aromatic nitrogens is 2. The van der Waals surface area contributed by atoms with Gasteiger partial charge in [-0.3, -0.25) is 0 Å². The maximum Gasteiger partial charge on any atom is 0.203 e. The third-order valence-electron chi connectivity index (χ3n) is 3.08. The Morgan fingerprint density at radius 1 is 1.69 bits per heavy atom. The molecule has 0 aliphatic carbocycles. The van der Waals surface area contributed by atoms with E-state index in [1.54, 1.807) is 0 Å². The molecule has 1 aliphatic rings. The lowest BCUT2D eigenvalue weighted by molar-refractivity contribution is 0.399.